The molecule has 1 aliphatic heterocycles. The first-order valence-corrected chi connectivity index (χ1v) is 9.98. The SMILES string of the molecule is C[C@@H](NS(=O)C(C)(C)C)c1cc(B2OC(C)(C)C(C)(C)O2)cs1. The average Bonchev–Trinajstić information content (AvgIpc) is 2.92. The summed E-state index contributed by atoms with van der Waals surface area (Å²) < 4.78 is 27.3. The van der Waals surface area contributed by atoms with Crippen molar-refractivity contribution >= 4 is 34.9 Å². The molecule has 1 fully saturated rings. The van der Waals surface area contributed by atoms with Gasteiger partial charge >= 0.3 is 7.12 Å². The summed E-state index contributed by atoms with van der Waals surface area (Å²) in [5.41, 5.74) is 0.355. The van der Waals surface area contributed by atoms with Gasteiger partial charge in [-0.1, -0.05) is 0 Å². The van der Waals surface area contributed by atoms with Crippen molar-refractivity contribution in [3.8, 4) is 0 Å². The largest absolute Gasteiger partial charge is 0.495 e. The molecule has 7 heteroatoms. The fraction of sp³-hybridized carbons (Fsp3) is 0.750. The van der Waals surface area contributed by atoms with E-state index < -0.39 is 11.0 Å². The van der Waals surface area contributed by atoms with Gasteiger partial charge < -0.3 is 9.31 Å². The minimum atomic E-state index is -1.09. The van der Waals surface area contributed by atoms with Gasteiger partial charge in [-0.2, -0.15) is 0 Å². The van der Waals surface area contributed by atoms with Gasteiger partial charge in [0.25, 0.3) is 0 Å². The van der Waals surface area contributed by atoms with Crippen LogP contribution in [-0.4, -0.2) is 27.3 Å². The highest BCUT2D eigenvalue weighted by atomic mass is 32.2. The molecule has 23 heavy (non-hydrogen) atoms. The van der Waals surface area contributed by atoms with E-state index in [1.807, 2.05) is 27.7 Å². The Bertz CT molecular complexity index is 576. The van der Waals surface area contributed by atoms with E-state index in [2.05, 4.69) is 43.9 Å². The first kappa shape index (κ1) is 19.1. The van der Waals surface area contributed by atoms with Gasteiger partial charge in [0.05, 0.1) is 33.0 Å². The molecule has 1 unspecified atom stereocenters. The van der Waals surface area contributed by atoms with Crippen LogP contribution in [0.3, 0.4) is 0 Å². The normalized spacial score (nSPS) is 23.0. The summed E-state index contributed by atoms with van der Waals surface area (Å²) in [6.45, 7) is 16.1. The van der Waals surface area contributed by atoms with E-state index in [0.717, 1.165) is 10.3 Å². The van der Waals surface area contributed by atoms with Crippen molar-refractivity contribution in [2.24, 2.45) is 0 Å². The van der Waals surface area contributed by atoms with Crippen LogP contribution in [0, 0.1) is 0 Å². The second kappa shape index (κ2) is 6.26. The Balaban J connectivity index is 2.09. The maximum absolute atomic E-state index is 12.2. The first-order valence-electron chi connectivity index (χ1n) is 7.95. The van der Waals surface area contributed by atoms with E-state index in [-0.39, 0.29) is 29.1 Å². The first-order chi connectivity index (χ1) is 10.3. The Kier molecular flexibility index (Phi) is 5.21. The standard InChI is InChI=1S/C16H28BNO3S2/c1-11(18-23(19)14(2,3)4)13-9-12(10-22-13)17-20-15(5,6)16(7,8)21-17/h9-11,18H,1-8H3/t11-,23?/m1/s1. The summed E-state index contributed by atoms with van der Waals surface area (Å²) in [6.07, 6.45) is 0. The molecule has 0 saturated carbocycles. The molecule has 2 atom stereocenters. The van der Waals surface area contributed by atoms with Crippen molar-refractivity contribution in [1.82, 2.24) is 4.72 Å². The lowest BCUT2D eigenvalue weighted by atomic mass is 9.81. The second-order valence-corrected chi connectivity index (χ2v) is 11.0. The third kappa shape index (κ3) is 4.07. The highest BCUT2D eigenvalue weighted by molar-refractivity contribution is 7.84. The number of hydrogen-bond acceptors (Lipinski definition) is 4. The van der Waals surface area contributed by atoms with Gasteiger partial charge in [-0.3, -0.25) is 0 Å². The zero-order valence-corrected chi connectivity index (χ0v) is 17.0. The number of rotatable bonds is 4. The second-order valence-electron chi connectivity index (χ2n) is 8.09. The van der Waals surface area contributed by atoms with Gasteiger partial charge in [0, 0.05) is 4.88 Å². The molecular formula is C16H28BNO3S2. The molecule has 1 saturated heterocycles. The molecule has 4 nitrogen and oxygen atoms in total. The van der Waals surface area contributed by atoms with Crippen LogP contribution < -0.4 is 10.2 Å². The van der Waals surface area contributed by atoms with Crippen molar-refractivity contribution in [2.75, 3.05) is 0 Å². The summed E-state index contributed by atoms with van der Waals surface area (Å²) in [5, 5.41) is 2.07. The van der Waals surface area contributed by atoms with Gasteiger partial charge in [-0.25, -0.2) is 8.93 Å². The molecule has 1 aromatic rings. The van der Waals surface area contributed by atoms with E-state index in [9.17, 15) is 4.21 Å². The van der Waals surface area contributed by atoms with Crippen molar-refractivity contribution in [2.45, 2.75) is 77.4 Å². The quantitative estimate of drug-likeness (QED) is 0.842. The summed E-state index contributed by atoms with van der Waals surface area (Å²) in [4.78, 5) is 1.13. The van der Waals surface area contributed by atoms with Crippen LogP contribution in [-0.2, 0) is 20.3 Å². The zero-order valence-electron chi connectivity index (χ0n) is 15.4. The summed E-state index contributed by atoms with van der Waals surface area (Å²) in [6, 6.07) is 2.11. The average molecular weight is 357 g/mol. The molecular weight excluding hydrogens is 329 g/mol. The van der Waals surface area contributed by atoms with Crippen LogP contribution in [0.1, 0.15) is 66.3 Å². The maximum atomic E-state index is 12.2. The molecule has 0 aliphatic carbocycles. The van der Waals surface area contributed by atoms with Gasteiger partial charge in [0.15, 0.2) is 0 Å². The van der Waals surface area contributed by atoms with E-state index in [0.29, 0.717) is 0 Å². The van der Waals surface area contributed by atoms with E-state index >= 15 is 0 Å². The van der Waals surface area contributed by atoms with Crippen molar-refractivity contribution < 1.29 is 13.5 Å². The van der Waals surface area contributed by atoms with Crippen LogP contribution in [0.4, 0.5) is 0 Å². The summed E-state index contributed by atoms with van der Waals surface area (Å²) in [7, 11) is -1.43. The smallest absolute Gasteiger partial charge is 0.399 e. The van der Waals surface area contributed by atoms with E-state index in [1.165, 1.54) is 0 Å². The van der Waals surface area contributed by atoms with Gasteiger partial charge in [-0.05, 0) is 72.3 Å². The van der Waals surface area contributed by atoms with Gasteiger partial charge in [0.1, 0.15) is 0 Å². The maximum Gasteiger partial charge on any atom is 0.495 e. The Morgan fingerprint density at radius 3 is 2.22 bits per heavy atom. The Labute approximate surface area is 147 Å². The molecule has 0 bridgehead atoms. The molecule has 0 amide bonds. The van der Waals surface area contributed by atoms with Crippen molar-refractivity contribution in [3.05, 3.63) is 16.3 Å². The molecule has 0 spiro atoms. The molecule has 2 rings (SSSR count). The molecule has 1 aromatic heterocycles. The highest BCUT2D eigenvalue weighted by Gasteiger charge is 2.51. The minimum absolute atomic E-state index is 0.0243. The van der Waals surface area contributed by atoms with E-state index in [1.54, 1.807) is 11.3 Å². The Hall–Kier alpha value is -0.205. The van der Waals surface area contributed by atoms with Crippen LogP contribution in [0.25, 0.3) is 0 Å². The lowest BCUT2D eigenvalue weighted by molar-refractivity contribution is 0.00578. The Morgan fingerprint density at radius 2 is 1.74 bits per heavy atom. The third-order valence-corrected chi connectivity index (χ3v) is 7.25. The van der Waals surface area contributed by atoms with Crippen LogP contribution >= 0.6 is 11.3 Å². The summed E-state index contributed by atoms with van der Waals surface area (Å²) >= 11 is 1.64. The Morgan fingerprint density at radius 1 is 1.22 bits per heavy atom. The molecule has 1 N–H and O–H groups in total. The topological polar surface area (TPSA) is 47.6 Å². The van der Waals surface area contributed by atoms with Crippen molar-refractivity contribution in [1.29, 1.82) is 0 Å². The number of nitrogens with one attached hydrogen (secondary N) is 1. The number of thiophene rings is 1. The molecule has 1 aliphatic rings. The third-order valence-electron chi connectivity index (χ3n) is 4.43. The number of hydrogen-bond donors (Lipinski definition) is 1. The molecule has 130 valence electrons. The lowest BCUT2D eigenvalue weighted by Gasteiger charge is -2.32. The predicted octanol–water partition coefficient (Wildman–Crippen LogP) is 3.16. The monoisotopic (exact) mass is 357 g/mol. The molecule has 2 heterocycles. The van der Waals surface area contributed by atoms with Crippen LogP contribution in [0.15, 0.2) is 11.4 Å². The van der Waals surface area contributed by atoms with Crippen LogP contribution in [0.2, 0.25) is 0 Å². The fourth-order valence-corrected chi connectivity index (χ4v) is 3.89. The van der Waals surface area contributed by atoms with Crippen molar-refractivity contribution in [3.63, 3.8) is 0 Å². The highest BCUT2D eigenvalue weighted by Crippen LogP contribution is 2.37. The predicted molar refractivity (Wildman–Crippen MR) is 99.5 cm³/mol. The molecule has 0 aromatic carbocycles. The summed E-state index contributed by atoms with van der Waals surface area (Å²) in [5.74, 6) is 0. The minimum Gasteiger partial charge on any atom is -0.399 e. The van der Waals surface area contributed by atoms with E-state index in [4.69, 9.17) is 9.31 Å². The fourth-order valence-electron chi connectivity index (χ4n) is 2.09. The zero-order chi connectivity index (χ0) is 17.6. The van der Waals surface area contributed by atoms with Gasteiger partial charge in [-0.15, -0.1) is 11.3 Å². The van der Waals surface area contributed by atoms with Crippen LogP contribution in [0.5, 0.6) is 0 Å². The van der Waals surface area contributed by atoms with Gasteiger partial charge in [0.2, 0.25) is 0 Å². The lowest BCUT2D eigenvalue weighted by Crippen LogP contribution is -2.41. The molecule has 0 radical (unpaired) electrons.